The number of imide groups is 1. The molecule has 1 N–H and O–H groups in total. The largest absolute Gasteiger partial charge is 0.329 e. The van der Waals surface area contributed by atoms with Crippen molar-refractivity contribution >= 4 is 34.4 Å². The van der Waals surface area contributed by atoms with E-state index in [-0.39, 0.29) is 43.5 Å². The van der Waals surface area contributed by atoms with Crippen LogP contribution in [0.2, 0.25) is 0 Å². The molecule has 2 fully saturated rings. The van der Waals surface area contributed by atoms with Crippen molar-refractivity contribution in [3.05, 3.63) is 23.5 Å². The molecule has 2 unspecified atom stereocenters. The Bertz CT molecular complexity index is 971. The number of fused-ring (bicyclic) bond motifs is 1. The molecule has 3 amide bonds. The molecule has 1 aromatic carbocycles. The van der Waals surface area contributed by atoms with Gasteiger partial charge in [-0.15, -0.1) is 0 Å². The fourth-order valence-electron chi connectivity index (χ4n) is 3.81. The summed E-state index contributed by atoms with van der Waals surface area (Å²) in [7, 11) is 1.67. The molecule has 0 bridgehead atoms. The van der Waals surface area contributed by atoms with Crippen molar-refractivity contribution in [1.82, 2.24) is 15.1 Å². The normalized spacial score (nSPS) is 23.8. The lowest BCUT2D eigenvalue weighted by molar-refractivity contribution is -0.126. The first-order valence-corrected chi connectivity index (χ1v) is 8.79. The summed E-state index contributed by atoms with van der Waals surface area (Å²) in [5.74, 6) is -1.42. The Balaban J connectivity index is 1.74. The lowest BCUT2D eigenvalue weighted by atomic mass is 9.82. The Morgan fingerprint density at radius 1 is 1.22 bits per heavy atom. The summed E-state index contributed by atoms with van der Waals surface area (Å²) in [6, 6.07) is 2.31. The highest BCUT2D eigenvalue weighted by atomic mass is 19.1. The molecule has 1 aliphatic carbocycles. The molecule has 7 nitrogen and oxygen atoms in total. The second-order valence-electron chi connectivity index (χ2n) is 7.00. The lowest BCUT2D eigenvalue weighted by Gasteiger charge is -2.25. The van der Waals surface area contributed by atoms with Gasteiger partial charge >= 0.3 is 6.03 Å². The van der Waals surface area contributed by atoms with Gasteiger partial charge in [-0.25, -0.2) is 13.6 Å². The Labute approximate surface area is 153 Å². The minimum atomic E-state index is -1.56. The molecule has 1 saturated heterocycles. The van der Waals surface area contributed by atoms with Crippen LogP contribution in [-0.2, 0) is 16.6 Å². The molecule has 1 aliphatic heterocycles. The quantitative estimate of drug-likeness (QED) is 0.872. The van der Waals surface area contributed by atoms with Gasteiger partial charge in [0, 0.05) is 31.8 Å². The van der Waals surface area contributed by atoms with Crippen LogP contribution in [0.4, 0.5) is 19.4 Å². The maximum Gasteiger partial charge on any atom is 0.329 e. The number of rotatable bonds is 2. The van der Waals surface area contributed by atoms with Crippen LogP contribution in [0.15, 0.2) is 12.1 Å². The number of alkyl halides is 1. The maximum absolute atomic E-state index is 14.8. The molecule has 1 aromatic heterocycles. The van der Waals surface area contributed by atoms with Crippen LogP contribution in [0.3, 0.4) is 0 Å². The van der Waals surface area contributed by atoms with Crippen molar-refractivity contribution in [3.8, 4) is 0 Å². The van der Waals surface area contributed by atoms with Crippen LogP contribution in [0, 0.1) is 5.82 Å². The van der Waals surface area contributed by atoms with Gasteiger partial charge in [0.15, 0.2) is 17.8 Å². The van der Waals surface area contributed by atoms with Crippen LogP contribution in [0.25, 0.3) is 10.9 Å². The highest BCUT2D eigenvalue weighted by molar-refractivity contribution is 6.08. The average Bonchev–Trinajstić information content (AvgIpc) is 2.92. The number of hydrogen-bond acceptors (Lipinski definition) is 4. The molecule has 2 aromatic rings. The number of carbonyl (C=O) groups is 3. The third-order valence-corrected chi connectivity index (χ3v) is 5.28. The summed E-state index contributed by atoms with van der Waals surface area (Å²) in [6.45, 7) is 0.161. The molecular weight excluding hydrogens is 358 g/mol. The van der Waals surface area contributed by atoms with Gasteiger partial charge in [-0.3, -0.25) is 24.5 Å². The molecular formula is C18H18F2N4O3. The SMILES string of the molecule is Cn1nc(N2CCC(=O)NC2=O)c2cc(F)c(C3CCC(=O)C(F)C3)cc21. The van der Waals surface area contributed by atoms with E-state index in [1.165, 1.54) is 15.6 Å². The van der Waals surface area contributed by atoms with E-state index in [9.17, 15) is 23.2 Å². The summed E-state index contributed by atoms with van der Waals surface area (Å²) < 4.78 is 30.1. The highest BCUT2D eigenvalue weighted by Crippen LogP contribution is 2.37. The van der Waals surface area contributed by atoms with E-state index in [1.54, 1.807) is 13.1 Å². The van der Waals surface area contributed by atoms with Gasteiger partial charge in [-0.05, 0) is 36.5 Å². The minimum absolute atomic E-state index is 0.0252. The Hall–Kier alpha value is -2.84. The molecule has 0 radical (unpaired) electrons. The molecule has 2 atom stereocenters. The predicted molar refractivity (Wildman–Crippen MR) is 92.7 cm³/mol. The van der Waals surface area contributed by atoms with Crippen LogP contribution < -0.4 is 10.2 Å². The number of hydrogen-bond donors (Lipinski definition) is 1. The fraction of sp³-hybridized carbons (Fsp3) is 0.444. The van der Waals surface area contributed by atoms with Crippen molar-refractivity contribution in [3.63, 3.8) is 0 Å². The van der Waals surface area contributed by atoms with Crippen molar-refractivity contribution in [2.75, 3.05) is 11.4 Å². The molecule has 2 aliphatic rings. The van der Waals surface area contributed by atoms with Gasteiger partial charge in [0.1, 0.15) is 5.82 Å². The van der Waals surface area contributed by atoms with Gasteiger partial charge in [0.2, 0.25) is 5.91 Å². The number of Topliss-reactive ketones (excluding diaryl/α,β-unsaturated/α-hetero) is 1. The lowest BCUT2D eigenvalue weighted by Crippen LogP contribution is -2.49. The number of aromatic nitrogens is 2. The molecule has 9 heteroatoms. The molecule has 2 heterocycles. The fourth-order valence-corrected chi connectivity index (χ4v) is 3.81. The second-order valence-corrected chi connectivity index (χ2v) is 7.00. The second kappa shape index (κ2) is 6.40. The smallest absolute Gasteiger partial charge is 0.296 e. The Morgan fingerprint density at radius 3 is 2.70 bits per heavy atom. The number of amides is 3. The first-order chi connectivity index (χ1) is 12.8. The third kappa shape index (κ3) is 2.96. The van der Waals surface area contributed by atoms with Crippen LogP contribution >= 0.6 is 0 Å². The van der Waals surface area contributed by atoms with Gasteiger partial charge in [0.25, 0.3) is 0 Å². The third-order valence-electron chi connectivity index (χ3n) is 5.28. The maximum atomic E-state index is 14.8. The van der Waals surface area contributed by atoms with E-state index < -0.39 is 23.8 Å². The summed E-state index contributed by atoms with van der Waals surface area (Å²) >= 11 is 0. The zero-order valence-corrected chi connectivity index (χ0v) is 14.7. The average molecular weight is 376 g/mol. The standard InChI is InChI=1S/C18H18F2N4O3/c1-23-14-8-10(9-2-3-15(25)13(20)6-9)12(19)7-11(14)17(22-23)24-5-4-16(26)21-18(24)27/h7-9,13H,2-6H2,1H3,(H,21,26,27). The predicted octanol–water partition coefficient (Wildman–Crippen LogP) is 2.33. The van der Waals surface area contributed by atoms with E-state index in [0.29, 0.717) is 22.9 Å². The summed E-state index contributed by atoms with van der Waals surface area (Å²) in [5, 5.41) is 6.98. The topological polar surface area (TPSA) is 84.3 Å². The van der Waals surface area contributed by atoms with Crippen LogP contribution in [0.1, 0.15) is 37.2 Å². The van der Waals surface area contributed by atoms with Crippen molar-refractivity contribution in [2.24, 2.45) is 7.05 Å². The van der Waals surface area contributed by atoms with E-state index in [0.717, 1.165) is 0 Å². The van der Waals surface area contributed by atoms with Crippen molar-refractivity contribution in [1.29, 1.82) is 0 Å². The van der Waals surface area contributed by atoms with Gasteiger partial charge < -0.3 is 0 Å². The molecule has 1 saturated carbocycles. The number of carbonyl (C=O) groups excluding carboxylic acids is 3. The summed E-state index contributed by atoms with van der Waals surface area (Å²) in [6.07, 6.45) is -0.943. The molecule has 0 spiro atoms. The number of benzene rings is 1. The number of anilines is 1. The number of nitrogens with zero attached hydrogens (tertiary/aromatic N) is 3. The number of urea groups is 1. The van der Waals surface area contributed by atoms with E-state index in [2.05, 4.69) is 10.4 Å². The zero-order chi connectivity index (χ0) is 19.3. The van der Waals surface area contributed by atoms with E-state index in [4.69, 9.17) is 0 Å². The van der Waals surface area contributed by atoms with Gasteiger partial charge in [-0.2, -0.15) is 5.10 Å². The Morgan fingerprint density at radius 2 is 2.00 bits per heavy atom. The summed E-state index contributed by atoms with van der Waals surface area (Å²) in [5.41, 5.74) is 0.948. The summed E-state index contributed by atoms with van der Waals surface area (Å²) in [4.78, 5) is 36.2. The Kier molecular flexibility index (Phi) is 4.16. The van der Waals surface area contributed by atoms with Crippen LogP contribution in [-0.4, -0.2) is 40.2 Å². The number of halogens is 2. The molecule has 4 rings (SSSR count). The molecule has 27 heavy (non-hydrogen) atoms. The van der Waals surface area contributed by atoms with Crippen molar-refractivity contribution in [2.45, 2.75) is 37.8 Å². The monoisotopic (exact) mass is 376 g/mol. The minimum Gasteiger partial charge on any atom is -0.296 e. The molecule has 142 valence electrons. The number of nitrogens with one attached hydrogen (secondary N) is 1. The van der Waals surface area contributed by atoms with Crippen molar-refractivity contribution < 1.29 is 23.2 Å². The first kappa shape index (κ1) is 17.6. The zero-order valence-electron chi connectivity index (χ0n) is 14.7. The van der Waals surface area contributed by atoms with Gasteiger partial charge in [0.05, 0.1) is 5.52 Å². The van der Waals surface area contributed by atoms with E-state index >= 15 is 0 Å². The number of aryl methyl sites for hydroxylation is 1. The van der Waals surface area contributed by atoms with Gasteiger partial charge in [-0.1, -0.05) is 0 Å². The van der Waals surface area contributed by atoms with Crippen LogP contribution in [0.5, 0.6) is 0 Å². The first-order valence-electron chi connectivity index (χ1n) is 8.79. The number of ketones is 1. The van der Waals surface area contributed by atoms with E-state index in [1.807, 2.05) is 0 Å². The highest BCUT2D eigenvalue weighted by Gasteiger charge is 2.32.